The molecule has 0 radical (unpaired) electrons. The minimum atomic E-state index is -4.38. The Kier molecular flexibility index (Phi) is 4.61. The van der Waals surface area contributed by atoms with E-state index in [1.807, 2.05) is 42.5 Å². The second kappa shape index (κ2) is 6.66. The van der Waals surface area contributed by atoms with Crippen molar-refractivity contribution in [3.05, 3.63) is 65.7 Å². The van der Waals surface area contributed by atoms with Crippen LogP contribution in [0.1, 0.15) is 17.5 Å². The standard InChI is InChI=1S/C17H14F3NOS/c18-17(19,20)16-10-15(21-22-16)13-8-6-12(7-9-13)11-23-14-4-2-1-3-5-14/h1-9,16H,10-11H2. The molecule has 1 atom stereocenters. The molecular formula is C17H14F3NOS. The van der Waals surface area contributed by atoms with Gasteiger partial charge in [0.1, 0.15) is 0 Å². The second-order valence-electron chi connectivity index (χ2n) is 5.18. The predicted molar refractivity (Wildman–Crippen MR) is 84.5 cm³/mol. The molecule has 2 nitrogen and oxygen atoms in total. The minimum absolute atomic E-state index is 0.235. The van der Waals surface area contributed by atoms with Crippen LogP contribution in [0.25, 0.3) is 0 Å². The molecule has 2 aromatic carbocycles. The van der Waals surface area contributed by atoms with E-state index in [0.29, 0.717) is 11.3 Å². The Hall–Kier alpha value is -1.95. The average Bonchev–Trinajstić information content (AvgIpc) is 3.05. The van der Waals surface area contributed by atoms with Gasteiger partial charge in [-0.3, -0.25) is 0 Å². The van der Waals surface area contributed by atoms with Crippen molar-refractivity contribution in [3.63, 3.8) is 0 Å². The summed E-state index contributed by atoms with van der Waals surface area (Å²) in [6, 6.07) is 17.4. The Morgan fingerprint density at radius 3 is 2.35 bits per heavy atom. The lowest BCUT2D eigenvalue weighted by atomic mass is 10.0. The molecule has 0 aliphatic carbocycles. The smallest absolute Gasteiger partial charge is 0.382 e. The van der Waals surface area contributed by atoms with Crippen LogP contribution >= 0.6 is 11.8 Å². The van der Waals surface area contributed by atoms with E-state index in [4.69, 9.17) is 0 Å². The van der Waals surface area contributed by atoms with Crippen LogP contribution in [0, 0.1) is 0 Å². The Balaban J connectivity index is 1.60. The maximum Gasteiger partial charge on any atom is 0.428 e. The fourth-order valence-corrected chi connectivity index (χ4v) is 3.08. The zero-order chi connectivity index (χ0) is 16.3. The molecule has 0 bridgehead atoms. The van der Waals surface area contributed by atoms with Gasteiger partial charge in [-0.05, 0) is 23.3 Å². The van der Waals surface area contributed by atoms with Gasteiger partial charge in [-0.1, -0.05) is 47.6 Å². The summed E-state index contributed by atoms with van der Waals surface area (Å²) in [5.74, 6) is 0.804. The molecule has 0 spiro atoms. The van der Waals surface area contributed by atoms with Crippen molar-refractivity contribution < 1.29 is 18.0 Å². The molecule has 2 aromatic rings. The van der Waals surface area contributed by atoms with Crippen LogP contribution in [0.2, 0.25) is 0 Å². The molecular weight excluding hydrogens is 323 g/mol. The summed E-state index contributed by atoms with van der Waals surface area (Å²) in [5.41, 5.74) is 2.12. The number of rotatable bonds is 4. The summed E-state index contributed by atoms with van der Waals surface area (Å²) >= 11 is 1.71. The van der Waals surface area contributed by atoms with Crippen LogP contribution in [0.15, 0.2) is 64.6 Å². The number of nitrogens with zero attached hydrogens (tertiary/aromatic N) is 1. The first-order valence-corrected chi connectivity index (χ1v) is 8.07. The van der Waals surface area contributed by atoms with Crippen LogP contribution in [-0.4, -0.2) is 18.0 Å². The fraction of sp³-hybridized carbons (Fsp3) is 0.235. The van der Waals surface area contributed by atoms with Crippen LogP contribution < -0.4 is 0 Å². The predicted octanol–water partition coefficient (Wildman–Crippen LogP) is 5.03. The zero-order valence-corrected chi connectivity index (χ0v) is 12.9. The molecule has 23 heavy (non-hydrogen) atoms. The third-order valence-corrected chi connectivity index (χ3v) is 4.55. The van der Waals surface area contributed by atoms with E-state index in [0.717, 1.165) is 11.3 Å². The highest BCUT2D eigenvalue weighted by atomic mass is 32.2. The van der Waals surface area contributed by atoms with Gasteiger partial charge in [-0.25, -0.2) is 0 Å². The first kappa shape index (κ1) is 15.9. The fourth-order valence-electron chi connectivity index (χ4n) is 2.20. The first-order chi connectivity index (χ1) is 11.0. The second-order valence-corrected chi connectivity index (χ2v) is 6.23. The van der Waals surface area contributed by atoms with Crippen molar-refractivity contribution in [2.75, 3.05) is 0 Å². The van der Waals surface area contributed by atoms with Gasteiger partial charge in [0.05, 0.1) is 5.71 Å². The van der Waals surface area contributed by atoms with Gasteiger partial charge >= 0.3 is 6.18 Å². The van der Waals surface area contributed by atoms with Crippen molar-refractivity contribution in [1.82, 2.24) is 0 Å². The SMILES string of the molecule is FC(F)(F)C1CC(c2ccc(CSc3ccccc3)cc2)=NO1. The summed E-state index contributed by atoms with van der Waals surface area (Å²) < 4.78 is 37.7. The van der Waals surface area contributed by atoms with Crippen molar-refractivity contribution >= 4 is 17.5 Å². The third-order valence-electron chi connectivity index (χ3n) is 3.47. The van der Waals surface area contributed by atoms with Crippen molar-refractivity contribution in [2.45, 2.75) is 29.3 Å². The molecule has 1 unspecified atom stereocenters. The number of halogens is 3. The number of oxime groups is 1. The van der Waals surface area contributed by atoms with Crippen LogP contribution in [0.4, 0.5) is 13.2 Å². The molecule has 0 saturated heterocycles. The van der Waals surface area contributed by atoms with E-state index < -0.39 is 12.3 Å². The third kappa shape index (κ3) is 4.07. The lowest BCUT2D eigenvalue weighted by Gasteiger charge is -2.11. The Morgan fingerprint density at radius 2 is 1.74 bits per heavy atom. The van der Waals surface area contributed by atoms with E-state index in [1.165, 1.54) is 4.90 Å². The molecule has 3 rings (SSSR count). The van der Waals surface area contributed by atoms with Crippen LogP contribution in [0.5, 0.6) is 0 Å². The molecule has 1 aliphatic rings. The van der Waals surface area contributed by atoms with Gasteiger partial charge in [0.2, 0.25) is 6.10 Å². The molecule has 120 valence electrons. The lowest BCUT2D eigenvalue weighted by Crippen LogP contribution is -2.28. The first-order valence-electron chi connectivity index (χ1n) is 7.09. The highest BCUT2D eigenvalue weighted by molar-refractivity contribution is 7.98. The van der Waals surface area contributed by atoms with E-state index in [1.54, 1.807) is 23.9 Å². The van der Waals surface area contributed by atoms with Gasteiger partial charge in [-0.2, -0.15) is 13.2 Å². The van der Waals surface area contributed by atoms with Crippen LogP contribution in [0.3, 0.4) is 0 Å². The van der Waals surface area contributed by atoms with Gasteiger partial charge in [-0.15, -0.1) is 11.8 Å². The Labute approximate surface area is 136 Å². The summed E-state index contributed by atoms with van der Waals surface area (Å²) in [5, 5.41) is 3.57. The summed E-state index contributed by atoms with van der Waals surface area (Å²) in [4.78, 5) is 5.66. The van der Waals surface area contributed by atoms with Crippen molar-refractivity contribution in [3.8, 4) is 0 Å². The van der Waals surface area contributed by atoms with E-state index >= 15 is 0 Å². The largest absolute Gasteiger partial charge is 0.428 e. The topological polar surface area (TPSA) is 21.6 Å². The van der Waals surface area contributed by atoms with E-state index in [9.17, 15) is 13.2 Å². The summed E-state index contributed by atoms with van der Waals surface area (Å²) in [7, 11) is 0. The average molecular weight is 337 g/mol. The summed E-state index contributed by atoms with van der Waals surface area (Å²) in [6.07, 6.45) is -6.44. The minimum Gasteiger partial charge on any atom is -0.382 e. The highest BCUT2D eigenvalue weighted by Crippen LogP contribution is 2.31. The van der Waals surface area contributed by atoms with Gasteiger partial charge in [0.15, 0.2) is 0 Å². The molecule has 0 amide bonds. The number of hydrogen-bond acceptors (Lipinski definition) is 3. The molecule has 1 aliphatic heterocycles. The molecule has 1 heterocycles. The van der Waals surface area contributed by atoms with Gasteiger partial charge < -0.3 is 4.84 Å². The monoisotopic (exact) mass is 337 g/mol. The normalized spacial score (nSPS) is 17.7. The molecule has 0 saturated carbocycles. The Morgan fingerprint density at radius 1 is 1.04 bits per heavy atom. The van der Waals surface area contributed by atoms with Crippen molar-refractivity contribution in [1.29, 1.82) is 0 Å². The number of hydrogen-bond donors (Lipinski definition) is 0. The molecule has 0 fully saturated rings. The number of alkyl halides is 3. The maximum atomic E-state index is 12.6. The molecule has 0 N–H and O–H groups in total. The maximum absolute atomic E-state index is 12.6. The highest BCUT2D eigenvalue weighted by Gasteiger charge is 2.45. The molecule has 6 heteroatoms. The van der Waals surface area contributed by atoms with Gasteiger partial charge in [0, 0.05) is 17.1 Å². The Bertz CT molecular complexity index is 683. The van der Waals surface area contributed by atoms with E-state index in [-0.39, 0.29) is 6.42 Å². The quantitative estimate of drug-likeness (QED) is 0.730. The van der Waals surface area contributed by atoms with Crippen LogP contribution in [-0.2, 0) is 10.6 Å². The number of benzene rings is 2. The summed E-state index contributed by atoms with van der Waals surface area (Å²) in [6.45, 7) is 0. The number of thioether (sulfide) groups is 1. The lowest BCUT2D eigenvalue weighted by molar-refractivity contribution is -0.212. The van der Waals surface area contributed by atoms with Gasteiger partial charge in [0.25, 0.3) is 0 Å². The van der Waals surface area contributed by atoms with E-state index in [2.05, 4.69) is 9.99 Å². The molecule has 0 aromatic heterocycles. The zero-order valence-electron chi connectivity index (χ0n) is 12.1. The van der Waals surface area contributed by atoms with Crippen molar-refractivity contribution in [2.24, 2.45) is 5.16 Å².